The summed E-state index contributed by atoms with van der Waals surface area (Å²) in [5.41, 5.74) is 0. The number of carbonyl (C=O) groups excluding carboxylic acids is 1. The normalized spacial score (nSPS) is 10.5. The highest BCUT2D eigenvalue weighted by atomic mass is 35.5. The quantitative estimate of drug-likeness (QED) is 0.763. The minimum absolute atomic E-state index is 0.0174. The molecule has 0 unspecified atom stereocenters. The number of hydrogen-bond acceptors (Lipinski definition) is 3. The fourth-order valence-electron chi connectivity index (χ4n) is 1.67. The van der Waals surface area contributed by atoms with E-state index in [-0.39, 0.29) is 11.8 Å². The molecule has 3 nitrogen and oxygen atoms in total. The maximum atomic E-state index is 11.8. The SMILES string of the molecule is O=C(CCl)N(CCc1ccco1)Cc1cccs1. The van der Waals surface area contributed by atoms with Crippen LogP contribution in [0, 0.1) is 0 Å². The molecule has 0 saturated carbocycles. The smallest absolute Gasteiger partial charge is 0.237 e. The molecule has 2 aromatic rings. The second-order valence-corrected chi connectivity index (χ2v) is 5.16. The number of alkyl halides is 1. The molecule has 0 aromatic carbocycles. The number of furan rings is 1. The highest BCUT2D eigenvalue weighted by Gasteiger charge is 2.13. The van der Waals surface area contributed by atoms with Gasteiger partial charge < -0.3 is 9.32 Å². The van der Waals surface area contributed by atoms with Crippen LogP contribution in [0.4, 0.5) is 0 Å². The Morgan fingerprint density at radius 1 is 1.39 bits per heavy atom. The van der Waals surface area contributed by atoms with Gasteiger partial charge in [-0.05, 0) is 23.6 Å². The van der Waals surface area contributed by atoms with Gasteiger partial charge in [0.05, 0.1) is 12.8 Å². The molecule has 2 aromatic heterocycles. The summed E-state index contributed by atoms with van der Waals surface area (Å²) in [6.07, 6.45) is 2.35. The lowest BCUT2D eigenvalue weighted by Crippen LogP contribution is -2.33. The molecule has 18 heavy (non-hydrogen) atoms. The summed E-state index contributed by atoms with van der Waals surface area (Å²) in [6, 6.07) is 7.76. The van der Waals surface area contributed by atoms with Crippen molar-refractivity contribution in [2.75, 3.05) is 12.4 Å². The topological polar surface area (TPSA) is 33.5 Å². The van der Waals surface area contributed by atoms with E-state index in [1.54, 1.807) is 22.5 Å². The van der Waals surface area contributed by atoms with E-state index in [0.29, 0.717) is 19.5 Å². The Labute approximate surface area is 115 Å². The van der Waals surface area contributed by atoms with Crippen LogP contribution in [0.25, 0.3) is 0 Å². The fourth-order valence-corrected chi connectivity index (χ4v) is 2.56. The standard InChI is InChI=1S/C13H14ClNO2S/c14-9-13(16)15(10-12-4-2-8-18-12)6-5-11-3-1-7-17-11/h1-4,7-8H,5-6,9-10H2. The highest BCUT2D eigenvalue weighted by Crippen LogP contribution is 2.13. The van der Waals surface area contributed by atoms with Gasteiger partial charge in [-0.1, -0.05) is 6.07 Å². The summed E-state index contributed by atoms with van der Waals surface area (Å²) < 4.78 is 5.26. The van der Waals surface area contributed by atoms with Crippen LogP contribution in [0.1, 0.15) is 10.6 Å². The van der Waals surface area contributed by atoms with Crippen molar-refractivity contribution in [3.05, 3.63) is 46.5 Å². The van der Waals surface area contributed by atoms with Crippen LogP contribution < -0.4 is 0 Å². The predicted molar refractivity (Wildman–Crippen MR) is 72.9 cm³/mol. The zero-order valence-corrected chi connectivity index (χ0v) is 11.4. The number of rotatable bonds is 6. The molecule has 0 aliphatic rings. The summed E-state index contributed by atoms with van der Waals surface area (Å²) in [5, 5.41) is 2.01. The molecule has 0 fully saturated rings. The molecular formula is C13H14ClNO2S. The van der Waals surface area contributed by atoms with Crippen molar-refractivity contribution >= 4 is 28.8 Å². The van der Waals surface area contributed by atoms with E-state index in [1.807, 2.05) is 29.6 Å². The number of thiophene rings is 1. The zero-order chi connectivity index (χ0) is 12.8. The molecule has 5 heteroatoms. The summed E-state index contributed by atoms with van der Waals surface area (Å²) in [7, 11) is 0. The molecule has 2 heterocycles. The maximum absolute atomic E-state index is 11.8. The minimum atomic E-state index is -0.0448. The van der Waals surface area contributed by atoms with E-state index in [0.717, 1.165) is 10.6 Å². The first-order valence-electron chi connectivity index (χ1n) is 5.68. The van der Waals surface area contributed by atoms with Crippen LogP contribution in [0.2, 0.25) is 0 Å². The van der Waals surface area contributed by atoms with Gasteiger partial charge in [-0.15, -0.1) is 22.9 Å². The number of amides is 1. The molecule has 0 spiro atoms. The molecular weight excluding hydrogens is 270 g/mol. The Morgan fingerprint density at radius 2 is 2.28 bits per heavy atom. The van der Waals surface area contributed by atoms with Crippen molar-refractivity contribution in [3.8, 4) is 0 Å². The molecule has 0 aliphatic heterocycles. The average molecular weight is 284 g/mol. The van der Waals surface area contributed by atoms with Gasteiger partial charge in [-0.25, -0.2) is 0 Å². The molecule has 2 rings (SSSR count). The average Bonchev–Trinajstić information content (AvgIpc) is 3.06. The Hall–Kier alpha value is -1.26. The van der Waals surface area contributed by atoms with E-state index >= 15 is 0 Å². The second kappa shape index (κ2) is 6.61. The molecule has 0 saturated heterocycles. The monoisotopic (exact) mass is 283 g/mol. The van der Waals surface area contributed by atoms with Crippen molar-refractivity contribution in [1.82, 2.24) is 4.90 Å². The van der Waals surface area contributed by atoms with Crippen LogP contribution in [0.5, 0.6) is 0 Å². The third kappa shape index (κ3) is 3.62. The van der Waals surface area contributed by atoms with E-state index in [2.05, 4.69) is 0 Å². The Balaban J connectivity index is 1.94. The van der Waals surface area contributed by atoms with Crippen LogP contribution in [0.15, 0.2) is 40.3 Å². The summed E-state index contributed by atoms with van der Waals surface area (Å²) in [6.45, 7) is 1.24. The Kier molecular flexibility index (Phi) is 4.84. The van der Waals surface area contributed by atoms with Gasteiger partial charge >= 0.3 is 0 Å². The molecule has 1 amide bonds. The summed E-state index contributed by atoms with van der Waals surface area (Å²) in [5.74, 6) is 0.856. The van der Waals surface area contributed by atoms with Gasteiger partial charge in [0.1, 0.15) is 11.6 Å². The lowest BCUT2D eigenvalue weighted by Gasteiger charge is -2.20. The fraction of sp³-hybridized carbons (Fsp3) is 0.308. The predicted octanol–water partition coefficient (Wildman–Crippen LogP) is 3.15. The van der Waals surface area contributed by atoms with Gasteiger partial charge in [0.25, 0.3) is 0 Å². The molecule has 96 valence electrons. The third-order valence-electron chi connectivity index (χ3n) is 2.60. The number of halogens is 1. The number of carbonyl (C=O) groups is 1. The zero-order valence-electron chi connectivity index (χ0n) is 9.84. The minimum Gasteiger partial charge on any atom is -0.469 e. The van der Waals surface area contributed by atoms with Gasteiger partial charge in [-0.2, -0.15) is 0 Å². The highest BCUT2D eigenvalue weighted by molar-refractivity contribution is 7.09. The first kappa shape index (κ1) is 13.2. The van der Waals surface area contributed by atoms with E-state index in [9.17, 15) is 4.79 Å². The van der Waals surface area contributed by atoms with Crippen molar-refractivity contribution in [1.29, 1.82) is 0 Å². The molecule has 0 N–H and O–H groups in total. The number of nitrogens with zero attached hydrogens (tertiary/aromatic N) is 1. The van der Waals surface area contributed by atoms with Gasteiger partial charge in [-0.3, -0.25) is 4.79 Å². The maximum Gasteiger partial charge on any atom is 0.237 e. The molecule has 0 radical (unpaired) electrons. The van der Waals surface area contributed by atoms with Crippen LogP contribution in [0.3, 0.4) is 0 Å². The largest absolute Gasteiger partial charge is 0.469 e. The summed E-state index contributed by atoms with van der Waals surface area (Å²) in [4.78, 5) is 14.7. The first-order valence-corrected chi connectivity index (χ1v) is 7.09. The Bertz CT molecular complexity index is 467. The summed E-state index contributed by atoms with van der Waals surface area (Å²) >= 11 is 7.28. The van der Waals surface area contributed by atoms with Crippen molar-refractivity contribution in [2.45, 2.75) is 13.0 Å². The lowest BCUT2D eigenvalue weighted by atomic mass is 10.3. The first-order chi connectivity index (χ1) is 8.79. The molecule has 0 aliphatic carbocycles. The van der Waals surface area contributed by atoms with Crippen molar-refractivity contribution in [3.63, 3.8) is 0 Å². The Morgan fingerprint density at radius 3 is 2.89 bits per heavy atom. The lowest BCUT2D eigenvalue weighted by molar-refractivity contribution is -0.129. The van der Waals surface area contributed by atoms with E-state index in [4.69, 9.17) is 16.0 Å². The molecule has 0 atom stereocenters. The van der Waals surface area contributed by atoms with Crippen LogP contribution >= 0.6 is 22.9 Å². The van der Waals surface area contributed by atoms with E-state index in [1.165, 1.54) is 0 Å². The number of hydrogen-bond donors (Lipinski definition) is 0. The van der Waals surface area contributed by atoms with Gasteiger partial charge in [0.15, 0.2) is 0 Å². The van der Waals surface area contributed by atoms with Gasteiger partial charge in [0.2, 0.25) is 5.91 Å². The van der Waals surface area contributed by atoms with Crippen LogP contribution in [-0.4, -0.2) is 23.2 Å². The molecule has 0 bridgehead atoms. The van der Waals surface area contributed by atoms with Crippen molar-refractivity contribution < 1.29 is 9.21 Å². The third-order valence-corrected chi connectivity index (χ3v) is 3.69. The van der Waals surface area contributed by atoms with Gasteiger partial charge in [0, 0.05) is 17.8 Å². The second-order valence-electron chi connectivity index (χ2n) is 3.86. The van der Waals surface area contributed by atoms with E-state index < -0.39 is 0 Å². The van der Waals surface area contributed by atoms with Crippen molar-refractivity contribution in [2.24, 2.45) is 0 Å². The van der Waals surface area contributed by atoms with Crippen LogP contribution in [-0.2, 0) is 17.8 Å².